The van der Waals surface area contributed by atoms with E-state index in [9.17, 15) is 22.4 Å². The van der Waals surface area contributed by atoms with E-state index in [-0.39, 0.29) is 24.9 Å². The van der Waals surface area contributed by atoms with E-state index in [1.807, 2.05) is 6.92 Å². The first-order chi connectivity index (χ1) is 9.87. The minimum atomic E-state index is -3.38. The molecule has 130 valence electrons. The first kappa shape index (κ1) is 19.2. The number of hydrogen-bond donors (Lipinski definition) is 0. The second-order valence-electron chi connectivity index (χ2n) is 7.12. The van der Waals surface area contributed by atoms with Gasteiger partial charge in [0.2, 0.25) is 0 Å². The molecule has 6 heteroatoms. The van der Waals surface area contributed by atoms with Crippen LogP contribution in [0.3, 0.4) is 0 Å². The minimum absolute atomic E-state index is 0.105. The molecule has 1 rings (SSSR count). The maximum atomic E-state index is 13.9. The topological polar surface area (TPSA) is 26.3 Å². The van der Waals surface area contributed by atoms with Crippen molar-refractivity contribution in [2.45, 2.75) is 84.2 Å². The van der Waals surface area contributed by atoms with Gasteiger partial charge in [0.15, 0.2) is 0 Å². The number of carbonyl (C=O) groups excluding carboxylic acids is 1. The average Bonchev–Trinajstić information content (AvgIpc) is 2.36. The van der Waals surface area contributed by atoms with Crippen molar-refractivity contribution in [3.05, 3.63) is 0 Å². The molecule has 0 unspecified atom stereocenters. The molecule has 0 heterocycles. The van der Waals surface area contributed by atoms with E-state index in [1.165, 1.54) is 0 Å². The maximum absolute atomic E-state index is 13.9. The Labute approximate surface area is 129 Å². The first-order valence-corrected chi connectivity index (χ1v) is 7.84. The second kappa shape index (κ2) is 6.75. The van der Waals surface area contributed by atoms with E-state index in [0.717, 1.165) is 0 Å². The molecule has 0 spiro atoms. The van der Waals surface area contributed by atoms with E-state index in [2.05, 4.69) is 0 Å². The van der Waals surface area contributed by atoms with Crippen molar-refractivity contribution < 1.29 is 27.1 Å². The van der Waals surface area contributed by atoms with Crippen LogP contribution in [0.5, 0.6) is 0 Å². The third kappa shape index (κ3) is 5.43. The molecule has 0 aromatic rings. The molecule has 0 aromatic heterocycles. The van der Waals surface area contributed by atoms with Crippen LogP contribution in [-0.2, 0) is 9.53 Å². The second-order valence-corrected chi connectivity index (χ2v) is 7.12. The summed E-state index contributed by atoms with van der Waals surface area (Å²) in [5, 5.41) is 0. The van der Waals surface area contributed by atoms with Gasteiger partial charge in [0.1, 0.15) is 6.10 Å². The molecule has 2 nitrogen and oxygen atoms in total. The number of esters is 1. The van der Waals surface area contributed by atoms with E-state index in [1.54, 1.807) is 13.8 Å². The molecule has 0 saturated heterocycles. The van der Waals surface area contributed by atoms with Crippen LogP contribution in [0.25, 0.3) is 0 Å². The molecule has 0 aromatic carbocycles. The van der Waals surface area contributed by atoms with Crippen molar-refractivity contribution in [2.24, 2.45) is 11.3 Å². The average molecular weight is 326 g/mol. The Morgan fingerprint density at radius 1 is 1.05 bits per heavy atom. The van der Waals surface area contributed by atoms with Crippen molar-refractivity contribution in [3.8, 4) is 0 Å². The summed E-state index contributed by atoms with van der Waals surface area (Å²) in [5.41, 5.74) is -0.592. The molecule has 0 N–H and O–H groups in total. The molecular formula is C16H26F4O2. The van der Waals surface area contributed by atoms with Crippen LogP contribution >= 0.6 is 0 Å². The van der Waals surface area contributed by atoms with Crippen LogP contribution < -0.4 is 0 Å². The SMILES string of the molecule is CCC(C)(C)C(=O)OC1CCC(C(F)(F)CC(C)(F)F)CC1. The van der Waals surface area contributed by atoms with Gasteiger partial charge < -0.3 is 4.74 Å². The summed E-state index contributed by atoms with van der Waals surface area (Å²) < 4.78 is 58.8. The molecule has 0 atom stereocenters. The third-order valence-electron chi connectivity index (χ3n) is 4.53. The summed E-state index contributed by atoms with van der Waals surface area (Å²) >= 11 is 0. The summed E-state index contributed by atoms with van der Waals surface area (Å²) in [6, 6.07) is 0. The van der Waals surface area contributed by atoms with Crippen molar-refractivity contribution in [1.82, 2.24) is 0 Å². The van der Waals surface area contributed by atoms with E-state index >= 15 is 0 Å². The van der Waals surface area contributed by atoms with Gasteiger partial charge in [-0.3, -0.25) is 4.79 Å². The van der Waals surface area contributed by atoms with Gasteiger partial charge in [-0.25, -0.2) is 17.6 Å². The Morgan fingerprint density at radius 3 is 1.95 bits per heavy atom. The van der Waals surface area contributed by atoms with Crippen LogP contribution in [0.15, 0.2) is 0 Å². The van der Waals surface area contributed by atoms with Gasteiger partial charge in [-0.15, -0.1) is 0 Å². The molecular weight excluding hydrogens is 300 g/mol. The monoisotopic (exact) mass is 326 g/mol. The zero-order chi connectivity index (χ0) is 17.2. The number of rotatable bonds is 6. The molecule has 1 aliphatic carbocycles. The van der Waals surface area contributed by atoms with Gasteiger partial charge in [-0.05, 0) is 52.9 Å². The fourth-order valence-corrected chi connectivity index (χ4v) is 2.62. The smallest absolute Gasteiger partial charge is 0.311 e. The lowest BCUT2D eigenvalue weighted by molar-refractivity contribution is -0.166. The zero-order valence-electron chi connectivity index (χ0n) is 13.7. The van der Waals surface area contributed by atoms with Crippen LogP contribution in [0.1, 0.15) is 66.2 Å². The Morgan fingerprint density at radius 2 is 1.55 bits per heavy atom. The fourth-order valence-electron chi connectivity index (χ4n) is 2.62. The lowest BCUT2D eigenvalue weighted by Gasteiger charge is -2.35. The van der Waals surface area contributed by atoms with Crippen molar-refractivity contribution in [2.75, 3.05) is 0 Å². The summed E-state index contributed by atoms with van der Waals surface area (Å²) in [6.45, 7) is 5.95. The Bertz CT molecular complexity index is 380. The third-order valence-corrected chi connectivity index (χ3v) is 4.53. The predicted octanol–water partition coefficient (Wildman–Crippen LogP) is 5.21. The highest BCUT2D eigenvalue weighted by Gasteiger charge is 2.47. The fraction of sp³-hybridized carbons (Fsp3) is 0.938. The zero-order valence-corrected chi connectivity index (χ0v) is 13.7. The van der Waals surface area contributed by atoms with Crippen molar-refractivity contribution in [1.29, 1.82) is 0 Å². The quantitative estimate of drug-likeness (QED) is 0.495. The van der Waals surface area contributed by atoms with Crippen molar-refractivity contribution >= 4 is 5.97 Å². The molecule has 0 bridgehead atoms. The lowest BCUT2D eigenvalue weighted by atomic mass is 9.81. The van der Waals surface area contributed by atoms with E-state index in [0.29, 0.717) is 26.2 Å². The molecule has 1 fully saturated rings. The number of ether oxygens (including phenoxy) is 1. The van der Waals surface area contributed by atoms with Gasteiger partial charge in [0.25, 0.3) is 11.8 Å². The lowest BCUT2D eigenvalue weighted by Crippen LogP contribution is -2.39. The van der Waals surface area contributed by atoms with Crippen molar-refractivity contribution in [3.63, 3.8) is 0 Å². The molecule has 1 saturated carbocycles. The van der Waals surface area contributed by atoms with Gasteiger partial charge >= 0.3 is 5.97 Å². The van der Waals surface area contributed by atoms with Gasteiger partial charge in [-0.2, -0.15) is 0 Å². The van der Waals surface area contributed by atoms with Gasteiger partial charge in [0.05, 0.1) is 11.8 Å². The van der Waals surface area contributed by atoms with Crippen LogP contribution in [-0.4, -0.2) is 23.9 Å². The summed E-state index contributed by atoms with van der Waals surface area (Å²) in [4.78, 5) is 12.0. The normalized spacial score (nSPS) is 24.2. The maximum Gasteiger partial charge on any atom is 0.311 e. The minimum Gasteiger partial charge on any atom is -0.462 e. The Kier molecular flexibility index (Phi) is 5.90. The molecule has 0 radical (unpaired) electrons. The first-order valence-electron chi connectivity index (χ1n) is 7.84. The Balaban J connectivity index is 2.52. The van der Waals surface area contributed by atoms with Crippen LogP contribution in [0.2, 0.25) is 0 Å². The molecule has 22 heavy (non-hydrogen) atoms. The van der Waals surface area contributed by atoms with E-state index < -0.39 is 29.6 Å². The highest BCUT2D eigenvalue weighted by atomic mass is 19.3. The molecule has 0 aliphatic heterocycles. The van der Waals surface area contributed by atoms with Crippen LogP contribution in [0, 0.1) is 11.3 Å². The Hall–Kier alpha value is -0.810. The highest BCUT2D eigenvalue weighted by Crippen LogP contribution is 2.43. The predicted molar refractivity (Wildman–Crippen MR) is 76.1 cm³/mol. The largest absolute Gasteiger partial charge is 0.462 e. The molecule has 0 amide bonds. The van der Waals surface area contributed by atoms with E-state index in [4.69, 9.17) is 4.74 Å². The highest BCUT2D eigenvalue weighted by molar-refractivity contribution is 5.75. The number of hydrogen-bond acceptors (Lipinski definition) is 2. The molecule has 1 aliphatic rings. The number of halogens is 4. The number of alkyl halides is 4. The summed E-state index contributed by atoms with van der Waals surface area (Å²) in [7, 11) is 0. The summed E-state index contributed by atoms with van der Waals surface area (Å²) in [6.07, 6.45) is -0.348. The summed E-state index contributed by atoms with van der Waals surface area (Å²) in [5.74, 6) is -8.15. The van der Waals surface area contributed by atoms with Gasteiger partial charge in [0, 0.05) is 5.92 Å². The standard InChI is InChI=1S/C16H26F4O2/c1-5-14(2,3)13(21)22-12-8-6-11(7-9-12)16(19,20)10-15(4,17)18/h11-12H,5-10H2,1-4H3. The van der Waals surface area contributed by atoms with Gasteiger partial charge in [-0.1, -0.05) is 6.92 Å². The van der Waals surface area contributed by atoms with Crippen LogP contribution in [0.4, 0.5) is 17.6 Å². The number of carbonyl (C=O) groups is 1.